The summed E-state index contributed by atoms with van der Waals surface area (Å²) < 4.78 is 18.5. The van der Waals surface area contributed by atoms with E-state index in [1.807, 2.05) is 68.4 Å². The van der Waals surface area contributed by atoms with Crippen molar-refractivity contribution in [3.05, 3.63) is 101 Å². The summed E-state index contributed by atoms with van der Waals surface area (Å²) in [6.07, 6.45) is 1.78. The Labute approximate surface area is 233 Å². The van der Waals surface area contributed by atoms with E-state index in [0.717, 1.165) is 34.0 Å². The van der Waals surface area contributed by atoms with Crippen LogP contribution in [0.1, 0.15) is 45.1 Å². The van der Waals surface area contributed by atoms with Crippen LogP contribution in [0.2, 0.25) is 0 Å². The molecule has 0 spiro atoms. The van der Waals surface area contributed by atoms with Crippen molar-refractivity contribution in [3.8, 4) is 17.2 Å². The summed E-state index contributed by atoms with van der Waals surface area (Å²) in [5, 5.41) is 4.05. The van der Waals surface area contributed by atoms with Gasteiger partial charge in [0, 0.05) is 23.7 Å². The van der Waals surface area contributed by atoms with Crippen molar-refractivity contribution in [2.75, 3.05) is 26.2 Å². The predicted octanol–water partition coefficient (Wildman–Crippen LogP) is 5.47. The maximum Gasteiger partial charge on any atom is 0.339 e. The zero-order chi connectivity index (χ0) is 27.7. The van der Waals surface area contributed by atoms with Crippen molar-refractivity contribution < 1.29 is 19.0 Å². The van der Waals surface area contributed by atoms with Gasteiger partial charge in [0.25, 0.3) is 0 Å². The van der Waals surface area contributed by atoms with Crippen LogP contribution < -0.4 is 19.7 Å². The Morgan fingerprint density at radius 1 is 0.949 bits per heavy atom. The number of thiocarbonyl (C=S) groups is 1. The van der Waals surface area contributed by atoms with Gasteiger partial charge in [0.15, 0.2) is 5.11 Å². The van der Waals surface area contributed by atoms with E-state index in [1.54, 1.807) is 26.5 Å². The molecule has 0 radical (unpaired) electrons. The minimum atomic E-state index is -0.391. The Kier molecular flexibility index (Phi) is 7.26. The van der Waals surface area contributed by atoms with Gasteiger partial charge in [0.1, 0.15) is 11.5 Å². The van der Waals surface area contributed by atoms with E-state index in [9.17, 15) is 4.79 Å². The van der Waals surface area contributed by atoms with E-state index in [4.69, 9.17) is 26.4 Å². The lowest BCUT2D eigenvalue weighted by Gasteiger charge is -2.29. The van der Waals surface area contributed by atoms with Crippen LogP contribution in [0.25, 0.3) is 5.69 Å². The maximum atomic E-state index is 12.6. The molecule has 9 heteroatoms. The number of carbonyl (C=O) groups excluding carboxylic acids is 1. The quantitative estimate of drug-likeness (QED) is 0.243. The standard InChI is InChI=1S/C30H30N4O4S/c1-18-16-22(19(2)33(18)24-12-7-6-10-21(24)29(35)38-5)28-27(23-11-8-9-15-31-23)32-30(39)34(28)25-17-20(36-3)13-14-26(25)37-4/h6-17,27-28H,1-5H3,(H,32,39)/t27-,28+/m1/s1. The number of rotatable bonds is 7. The number of para-hydroxylation sites is 1. The van der Waals surface area contributed by atoms with Crippen molar-refractivity contribution >= 4 is 29.0 Å². The third-order valence-corrected chi connectivity index (χ3v) is 7.40. The van der Waals surface area contributed by atoms with Crippen molar-refractivity contribution in [3.63, 3.8) is 0 Å². The highest BCUT2D eigenvalue weighted by Crippen LogP contribution is 2.47. The molecule has 5 rings (SSSR count). The van der Waals surface area contributed by atoms with Gasteiger partial charge < -0.3 is 29.0 Å². The molecule has 1 aliphatic heterocycles. The van der Waals surface area contributed by atoms with Crippen molar-refractivity contribution in [1.29, 1.82) is 0 Å². The molecule has 0 saturated carbocycles. The number of pyridine rings is 1. The summed E-state index contributed by atoms with van der Waals surface area (Å²) in [6.45, 7) is 4.08. The zero-order valence-electron chi connectivity index (χ0n) is 22.5. The van der Waals surface area contributed by atoms with E-state index >= 15 is 0 Å². The average Bonchev–Trinajstić information content (AvgIpc) is 3.46. The first-order valence-electron chi connectivity index (χ1n) is 12.5. The van der Waals surface area contributed by atoms with Crippen molar-refractivity contribution in [2.24, 2.45) is 0 Å². The summed E-state index contributed by atoms with van der Waals surface area (Å²) in [4.78, 5) is 19.4. The highest BCUT2D eigenvalue weighted by Gasteiger charge is 2.43. The lowest BCUT2D eigenvalue weighted by atomic mass is 9.96. The summed E-state index contributed by atoms with van der Waals surface area (Å²) in [5.74, 6) is 0.958. The second-order valence-corrected chi connectivity index (χ2v) is 9.59. The van der Waals surface area contributed by atoms with Gasteiger partial charge in [0.2, 0.25) is 0 Å². The Morgan fingerprint density at radius 2 is 1.72 bits per heavy atom. The molecule has 200 valence electrons. The molecule has 4 aromatic rings. The summed E-state index contributed by atoms with van der Waals surface area (Å²) in [6, 6.07) is 20.6. The number of carbonyl (C=O) groups is 1. The molecule has 0 bridgehead atoms. The van der Waals surface area contributed by atoms with Crippen LogP contribution in [0.3, 0.4) is 0 Å². The number of nitrogens with zero attached hydrogens (tertiary/aromatic N) is 3. The van der Waals surface area contributed by atoms with Gasteiger partial charge in [-0.25, -0.2) is 4.79 Å². The summed E-state index contributed by atoms with van der Waals surface area (Å²) >= 11 is 5.93. The smallest absolute Gasteiger partial charge is 0.339 e. The lowest BCUT2D eigenvalue weighted by Crippen LogP contribution is -2.30. The van der Waals surface area contributed by atoms with Gasteiger partial charge in [0.05, 0.1) is 56.0 Å². The van der Waals surface area contributed by atoms with Crippen molar-refractivity contribution in [1.82, 2.24) is 14.9 Å². The molecule has 2 aromatic heterocycles. The normalized spacial score (nSPS) is 16.6. The second-order valence-electron chi connectivity index (χ2n) is 9.20. The number of nitrogens with one attached hydrogen (secondary N) is 1. The molecule has 1 fully saturated rings. The lowest BCUT2D eigenvalue weighted by molar-refractivity contribution is 0.0600. The Hall–Kier alpha value is -4.37. The van der Waals surface area contributed by atoms with Gasteiger partial charge in [-0.3, -0.25) is 4.98 Å². The fourth-order valence-electron chi connectivity index (χ4n) is 5.32. The van der Waals surface area contributed by atoms with Gasteiger partial charge in [-0.15, -0.1) is 0 Å². The van der Waals surface area contributed by atoms with Gasteiger partial charge in [-0.2, -0.15) is 0 Å². The van der Waals surface area contributed by atoms with Crippen LogP contribution in [-0.4, -0.2) is 42.0 Å². The molecule has 1 saturated heterocycles. The van der Waals surface area contributed by atoms with Crippen molar-refractivity contribution in [2.45, 2.75) is 25.9 Å². The molecular formula is C30H30N4O4S. The van der Waals surface area contributed by atoms with Gasteiger partial charge >= 0.3 is 5.97 Å². The van der Waals surface area contributed by atoms with E-state index in [2.05, 4.69) is 25.8 Å². The topological polar surface area (TPSA) is 77.9 Å². The second kappa shape index (κ2) is 10.8. The number of methoxy groups -OCH3 is 3. The first kappa shape index (κ1) is 26.2. The Morgan fingerprint density at radius 3 is 2.41 bits per heavy atom. The molecular weight excluding hydrogens is 512 g/mol. The van der Waals surface area contributed by atoms with Crippen LogP contribution in [0, 0.1) is 13.8 Å². The van der Waals surface area contributed by atoms with Gasteiger partial charge in [-0.05, 0) is 74.1 Å². The van der Waals surface area contributed by atoms with Crippen LogP contribution in [0.15, 0.2) is 72.9 Å². The molecule has 0 amide bonds. The molecule has 2 aromatic carbocycles. The predicted molar refractivity (Wildman–Crippen MR) is 154 cm³/mol. The summed E-state index contributed by atoms with van der Waals surface area (Å²) in [7, 11) is 4.66. The minimum absolute atomic E-state index is 0.251. The first-order chi connectivity index (χ1) is 18.9. The van der Waals surface area contributed by atoms with Crippen LogP contribution in [0.5, 0.6) is 11.5 Å². The molecule has 1 N–H and O–H groups in total. The number of benzene rings is 2. The number of ether oxygens (including phenoxy) is 3. The number of hydrogen-bond acceptors (Lipinski definition) is 6. The first-order valence-corrected chi connectivity index (χ1v) is 12.9. The number of aryl methyl sites for hydroxylation is 1. The molecule has 0 aliphatic carbocycles. The number of aromatic nitrogens is 2. The highest BCUT2D eigenvalue weighted by molar-refractivity contribution is 7.80. The fraction of sp³-hybridized carbons (Fsp3) is 0.233. The van der Waals surface area contributed by atoms with Crippen LogP contribution in [0.4, 0.5) is 5.69 Å². The number of anilines is 1. The number of esters is 1. The van der Waals surface area contributed by atoms with E-state index in [1.165, 1.54) is 7.11 Å². The third kappa shape index (κ3) is 4.59. The minimum Gasteiger partial charge on any atom is -0.497 e. The monoisotopic (exact) mass is 542 g/mol. The average molecular weight is 543 g/mol. The highest BCUT2D eigenvalue weighted by atomic mass is 32.1. The zero-order valence-corrected chi connectivity index (χ0v) is 23.3. The molecule has 1 aliphatic rings. The number of hydrogen-bond donors (Lipinski definition) is 1. The summed E-state index contributed by atoms with van der Waals surface area (Å²) in [5.41, 5.74) is 5.83. The molecule has 8 nitrogen and oxygen atoms in total. The maximum absolute atomic E-state index is 12.6. The third-order valence-electron chi connectivity index (χ3n) is 7.08. The van der Waals surface area contributed by atoms with E-state index < -0.39 is 5.97 Å². The largest absolute Gasteiger partial charge is 0.497 e. The molecule has 39 heavy (non-hydrogen) atoms. The molecule has 0 unspecified atom stereocenters. The molecule has 3 heterocycles. The van der Waals surface area contributed by atoms with Gasteiger partial charge in [-0.1, -0.05) is 18.2 Å². The Balaban J connectivity index is 1.73. The van der Waals surface area contributed by atoms with E-state index in [-0.39, 0.29) is 12.1 Å². The fourth-order valence-corrected chi connectivity index (χ4v) is 5.66. The van der Waals surface area contributed by atoms with Crippen LogP contribution in [-0.2, 0) is 4.74 Å². The van der Waals surface area contributed by atoms with E-state index in [0.29, 0.717) is 22.2 Å². The Bertz CT molecular complexity index is 1540. The van der Waals surface area contributed by atoms with Crippen LogP contribution >= 0.6 is 12.2 Å². The molecule has 2 atom stereocenters. The SMILES string of the molecule is COC(=O)c1ccccc1-n1c(C)cc([C@H]2[C@@H](c3ccccn3)NC(=S)N2c2cc(OC)ccc2OC)c1C.